The van der Waals surface area contributed by atoms with Crippen LogP contribution in [0.4, 0.5) is 0 Å². The highest BCUT2D eigenvalue weighted by Gasteiger charge is 2.24. The summed E-state index contributed by atoms with van der Waals surface area (Å²) in [5.74, 6) is -0.269. The Balaban J connectivity index is 2.15. The van der Waals surface area contributed by atoms with Gasteiger partial charge in [-0.05, 0) is 49.4 Å². The summed E-state index contributed by atoms with van der Waals surface area (Å²) in [6, 6.07) is 18.2. The molecule has 0 unspecified atom stereocenters. The largest absolute Gasteiger partial charge is 0.461 e. The average Bonchev–Trinajstić information content (AvgIpc) is 3.13. The molecular formula is C26H27N3O2. The van der Waals surface area contributed by atoms with E-state index in [0.29, 0.717) is 17.9 Å². The molecule has 4 rings (SSSR count). The van der Waals surface area contributed by atoms with E-state index in [1.807, 2.05) is 22.7 Å². The zero-order valence-electron chi connectivity index (χ0n) is 18.6. The molecule has 2 aromatic heterocycles. The van der Waals surface area contributed by atoms with Gasteiger partial charge in [0.05, 0.1) is 12.2 Å². The highest BCUT2D eigenvalue weighted by molar-refractivity contribution is 5.95. The maximum atomic E-state index is 12.6. The number of hydrogen-bond acceptors (Lipinski definition) is 4. The normalized spacial score (nSPS) is 11.3. The maximum absolute atomic E-state index is 12.6. The molecule has 5 heteroatoms. The smallest absolute Gasteiger partial charge is 0.357 e. The van der Waals surface area contributed by atoms with E-state index in [9.17, 15) is 4.79 Å². The zero-order chi connectivity index (χ0) is 22.1. The summed E-state index contributed by atoms with van der Waals surface area (Å²) in [6.45, 7) is 10.5. The molecule has 0 spiro atoms. The van der Waals surface area contributed by atoms with Crippen molar-refractivity contribution in [3.63, 3.8) is 0 Å². The van der Waals surface area contributed by atoms with Crippen LogP contribution in [-0.4, -0.2) is 27.2 Å². The van der Waals surface area contributed by atoms with Gasteiger partial charge in [0.15, 0.2) is 11.3 Å². The fraction of sp³-hybridized carbons (Fsp3) is 0.269. The van der Waals surface area contributed by atoms with Crippen molar-refractivity contribution >= 4 is 11.6 Å². The molecule has 0 radical (unpaired) electrons. The molecule has 31 heavy (non-hydrogen) atoms. The second-order valence-corrected chi connectivity index (χ2v) is 8.03. The van der Waals surface area contributed by atoms with Gasteiger partial charge in [0.2, 0.25) is 0 Å². The molecule has 0 amide bonds. The molecular weight excluding hydrogens is 386 g/mol. The van der Waals surface area contributed by atoms with Crippen LogP contribution in [0.5, 0.6) is 0 Å². The second-order valence-electron chi connectivity index (χ2n) is 8.03. The van der Waals surface area contributed by atoms with Crippen molar-refractivity contribution in [3.05, 3.63) is 77.1 Å². The van der Waals surface area contributed by atoms with Crippen molar-refractivity contribution in [2.75, 3.05) is 6.61 Å². The molecule has 4 aromatic rings. The van der Waals surface area contributed by atoms with Gasteiger partial charge in [0, 0.05) is 11.3 Å². The molecule has 0 saturated heterocycles. The SMILES string of the molecule is CCOC(=O)c1cc(C(C)C)n2nc(-c3ccccc3)c(-c3c(C)cccc3C)c2n1. The van der Waals surface area contributed by atoms with Crippen LogP contribution in [0.1, 0.15) is 54.0 Å². The van der Waals surface area contributed by atoms with Gasteiger partial charge in [-0.1, -0.05) is 62.4 Å². The number of benzene rings is 2. The topological polar surface area (TPSA) is 56.5 Å². The van der Waals surface area contributed by atoms with Gasteiger partial charge < -0.3 is 4.74 Å². The van der Waals surface area contributed by atoms with Crippen molar-refractivity contribution in [1.82, 2.24) is 14.6 Å². The van der Waals surface area contributed by atoms with Gasteiger partial charge in [0.25, 0.3) is 0 Å². The Morgan fingerprint density at radius 1 is 1.00 bits per heavy atom. The summed E-state index contributed by atoms with van der Waals surface area (Å²) < 4.78 is 7.15. The van der Waals surface area contributed by atoms with E-state index in [2.05, 4.69) is 58.0 Å². The summed E-state index contributed by atoms with van der Waals surface area (Å²) in [7, 11) is 0. The summed E-state index contributed by atoms with van der Waals surface area (Å²) >= 11 is 0. The van der Waals surface area contributed by atoms with Gasteiger partial charge in [-0.15, -0.1) is 0 Å². The van der Waals surface area contributed by atoms with Crippen molar-refractivity contribution in [2.24, 2.45) is 0 Å². The van der Waals surface area contributed by atoms with Crippen LogP contribution in [0.2, 0.25) is 0 Å². The number of carbonyl (C=O) groups is 1. The van der Waals surface area contributed by atoms with Crippen LogP contribution in [-0.2, 0) is 4.74 Å². The number of rotatable bonds is 5. The fourth-order valence-electron chi connectivity index (χ4n) is 4.00. The molecule has 0 bridgehead atoms. The van der Waals surface area contributed by atoms with Gasteiger partial charge in [-0.25, -0.2) is 14.3 Å². The van der Waals surface area contributed by atoms with Crippen LogP contribution >= 0.6 is 0 Å². The number of esters is 1. The fourth-order valence-corrected chi connectivity index (χ4v) is 4.00. The molecule has 2 aromatic carbocycles. The number of nitrogens with zero attached hydrogens (tertiary/aromatic N) is 3. The van der Waals surface area contributed by atoms with E-state index in [1.54, 1.807) is 13.0 Å². The number of aryl methyl sites for hydroxylation is 2. The minimum absolute atomic E-state index is 0.146. The van der Waals surface area contributed by atoms with E-state index in [-0.39, 0.29) is 5.92 Å². The third-order valence-electron chi connectivity index (χ3n) is 5.47. The Morgan fingerprint density at radius 2 is 1.68 bits per heavy atom. The lowest BCUT2D eigenvalue weighted by Gasteiger charge is -2.13. The van der Waals surface area contributed by atoms with Crippen LogP contribution in [0.25, 0.3) is 28.0 Å². The van der Waals surface area contributed by atoms with E-state index in [1.165, 1.54) is 0 Å². The standard InChI is InChI=1S/C26H27N3O2/c1-6-31-26(30)20-15-21(16(2)3)29-25(27-20)23(22-17(4)11-10-12-18(22)5)24(28-29)19-13-8-7-9-14-19/h7-16H,6H2,1-5H3. The third kappa shape index (κ3) is 3.72. The van der Waals surface area contributed by atoms with Crippen molar-refractivity contribution in [1.29, 1.82) is 0 Å². The minimum Gasteiger partial charge on any atom is -0.461 e. The van der Waals surface area contributed by atoms with Crippen LogP contribution < -0.4 is 0 Å². The van der Waals surface area contributed by atoms with Crippen LogP contribution in [0.15, 0.2) is 54.6 Å². The molecule has 0 atom stereocenters. The molecule has 0 aliphatic heterocycles. The first-order chi connectivity index (χ1) is 14.9. The molecule has 158 valence electrons. The maximum Gasteiger partial charge on any atom is 0.357 e. The van der Waals surface area contributed by atoms with Gasteiger partial charge >= 0.3 is 5.97 Å². The van der Waals surface area contributed by atoms with Crippen LogP contribution in [0.3, 0.4) is 0 Å². The van der Waals surface area contributed by atoms with Crippen LogP contribution in [0, 0.1) is 13.8 Å². The Labute approximate surface area is 182 Å². The molecule has 0 aliphatic rings. The Kier molecular flexibility index (Phi) is 5.59. The minimum atomic E-state index is -0.415. The highest BCUT2D eigenvalue weighted by Crippen LogP contribution is 2.39. The predicted octanol–water partition coefficient (Wildman–Crippen LogP) is 5.98. The summed E-state index contributed by atoms with van der Waals surface area (Å²) in [5.41, 5.74) is 8.09. The molecule has 0 fully saturated rings. The summed E-state index contributed by atoms with van der Waals surface area (Å²) in [6.07, 6.45) is 0. The van der Waals surface area contributed by atoms with Crippen molar-refractivity contribution in [3.8, 4) is 22.4 Å². The third-order valence-corrected chi connectivity index (χ3v) is 5.47. The second kappa shape index (κ2) is 8.34. The number of aromatic nitrogens is 3. The number of fused-ring (bicyclic) bond motifs is 1. The summed E-state index contributed by atoms with van der Waals surface area (Å²) in [4.78, 5) is 17.4. The van der Waals surface area contributed by atoms with Crippen molar-refractivity contribution in [2.45, 2.75) is 40.5 Å². The first-order valence-electron chi connectivity index (χ1n) is 10.6. The Morgan fingerprint density at radius 3 is 2.29 bits per heavy atom. The number of ether oxygens (including phenoxy) is 1. The summed E-state index contributed by atoms with van der Waals surface area (Å²) in [5, 5.41) is 5.01. The monoisotopic (exact) mass is 413 g/mol. The first kappa shape index (κ1) is 20.8. The van der Waals surface area contributed by atoms with E-state index in [0.717, 1.165) is 39.2 Å². The lowest BCUT2D eigenvalue weighted by molar-refractivity contribution is 0.0519. The lowest BCUT2D eigenvalue weighted by atomic mass is 9.93. The van der Waals surface area contributed by atoms with E-state index >= 15 is 0 Å². The number of hydrogen-bond donors (Lipinski definition) is 0. The molecule has 0 N–H and O–H groups in total. The average molecular weight is 414 g/mol. The zero-order valence-corrected chi connectivity index (χ0v) is 18.6. The molecule has 0 saturated carbocycles. The molecule has 0 aliphatic carbocycles. The Hall–Kier alpha value is -3.47. The Bertz CT molecular complexity index is 1240. The van der Waals surface area contributed by atoms with Gasteiger partial charge in [-0.3, -0.25) is 0 Å². The quantitative estimate of drug-likeness (QED) is 0.378. The van der Waals surface area contributed by atoms with E-state index in [4.69, 9.17) is 14.8 Å². The highest BCUT2D eigenvalue weighted by atomic mass is 16.5. The van der Waals surface area contributed by atoms with Gasteiger partial charge in [0.1, 0.15) is 5.69 Å². The van der Waals surface area contributed by atoms with Crippen molar-refractivity contribution < 1.29 is 9.53 Å². The molecule has 2 heterocycles. The van der Waals surface area contributed by atoms with E-state index < -0.39 is 5.97 Å². The van der Waals surface area contributed by atoms with Gasteiger partial charge in [-0.2, -0.15) is 5.10 Å². The lowest BCUT2D eigenvalue weighted by Crippen LogP contribution is -2.12. The predicted molar refractivity (Wildman–Crippen MR) is 123 cm³/mol. The first-order valence-corrected chi connectivity index (χ1v) is 10.6. The number of carbonyl (C=O) groups excluding carboxylic acids is 1. The molecule has 5 nitrogen and oxygen atoms in total.